The Morgan fingerprint density at radius 3 is 3.00 bits per heavy atom. The molecule has 0 spiro atoms. The molecule has 0 saturated carbocycles. The van der Waals surface area contributed by atoms with Crippen LogP contribution in [0.5, 0.6) is 0 Å². The maximum absolute atomic E-state index is 11.8. The van der Waals surface area contributed by atoms with Gasteiger partial charge in [0.25, 0.3) is 0 Å². The van der Waals surface area contributed by atoms with Gasteiger partial charge in [0.1, 0.15) is 0 Å². The van der Waals surface area contributed by atoms with Gasteiger partial charge in [-0.2, -0.15) is 0 Å². The quantitative estimate of drug-likeness (QED) is 0.335. The Kier molecular flexibility index (Phi) is 2.79. The van der Waals surface area contributed by atoms with Gasteiger partial charge in [0, 0.05) is 0 Å². The number of hydrogen-bond donors (Lipinski definition) is 0. The molecule has 2 aliphatic heterocycles. The Bertz CT molecular complexity index is 457. The summed E-state index contributed by atoms with van der Waals surface area (Å²) in [6.07, 6.45) is 1.28. The van der Waals surface area contributed by atoms with E-state index in [-0.39, 0.29) is 27.0 Å². The van der Waals surface area contributed by atoms with E-state index >= 15 is 0 Å². The van der Waals surface area contributed by atoms with Crippen molar-refractivity contribution in [3.8, 4) is 0 Å². The first-order chi connectivity index (χ1) is 7.78. The first-order valence-corrected chi connectivity index (χ1v) is 8.84. The summed E-state index contributed by atoms with van der Waals surface area (Å²) in [6, 6.07) is 5.74. The minimum atomic E-state index is 0.187. The van der Waals surface area contributed by atoms with Crippen molar-refractivity contribution in [2.24, 2.45) is 5.92 Å². The fraction of sp³-hybridized carbons (Fsp3) is 0.583. The van der Waals surface area contributed by atoms with Crippen LogP contribution in [-0.2, 0) is 6.54 Å². The third-order valence-electron chi connectivity index (χ3n) is 3.67. The summed E-state index contributed by atoms with van der Waals surface area (Å²) in [7, 11) is 0. The number of hydrogen-bond acceptors (Lipinski definition) is 2. The van der Waals surface area contributed by atoms with Crippen LogP contribution in [0.1, 0.15) is 18.0 Å². The fourth-order valence-corrected chi connectivity index (χ4v) is 4.80. The van der Waals surface area contributed by atoms with Crippen LogP contribution in [0.15, 0.2) is 23.0 Å². The van der Waals surface area contributed by atoms with Crippen LogP contribution in [0.3, 0.4) is 0 Å². The summed E-state index contributed by atoms with van der Waals surface area (Å²) in [5, 5.41) is 0. The molecule has 0 unspecified atom stereocenters. The number of pyridine rings is 1. The Morgan fingerprint density at radius 1 is 1.31 bits per heavy atom. The maximum atomic E-state index is 11.8. The summed E-state index contributed by atoms with van der Waals surface area (Å²) in [4.78, 5) is 14.1. The minimum absolute atomic E-state index is 0.187. The molecule has 2 aliphatic rings. The molecule has 1 aromatic rings. The molecule has 88 valence electrons. The Balaban J connectivity index is 2.02. The van der Waals surface area contributed by atoms with Crippen molar-refractivity contribution in [2.45, 2.75) is 18.9 Å². The molecule has 3 rings (SSSR count). The molecular formula is C12H16IN2O-. The first kappa shape index (κ1) is 10.8. The van der Waals surface area contributed by atoms with Crippen molar-refractivity contribution in [1.82, 2.24) is 7.68 Å². The molecule has 3 heterocycles. The molecule has 0 radical (unpaired) electrons. The third kappa shape index (κ3) is 1.72. The van der Waals surface area contributed by atoms with Crippen molar-refractivity contribution < 1.29 is 21.5 Å². The average molecular weight is 331 g/mol. The predicted molar refractivity (Wildman–Crippen MR) is 59.0 cm³/mol. The van der Waals surface area contributed by atoms with Gasteiger partial charge >= 0.3 is 106 Å². The zero-order valence-electron chi connectivity index (χ0n) is 9.40. The van der Waals surface area contributed by atoms with Crippen LogP contribution in [0.4, 0.5) is 0 Å². The van der Waals surface area contributed by atoms with Crippen molar-refractivity contribution in [1.29, 1.82) is 0 Å². The molecule has 0 amide bonds. The zero-order chi connectivity index (χ0) is 11.1. The number of fused-ring (bicyclic) bond motifs is 4. The molecule has 1 fully saturated rings. The standard InChI is InChI=1S/C12H16IN2O/c1-13-14-6-9-5-10(8-14)11-3-2-4-12(16)15(11)7-9/h2-4,9-10H,5-8H2,1H3/q-1/t9-,10+/m1/s1. The second-order valence-corrected chi connectivity index (χ2v) is 7.02. The van der Waals surface area contributed by atoms with Gasteiger partial charge in [-0.1, -0.05) is 0 Å². The van der Waals surface area contributed by atoms with Crippen molar-refractivity contribution in [2.75, 3.05) is 18.0 Å². The first-order valence-electron chi connectivity index (χ1n) is 5.72. The second kappa shape index (κ2) is 4.14. The van der Waals surface area contributed by atoms with E-state index < -0.39 is 0 Å². The predicted octanol–water partition coefficient (Wildman–Crippen LogP) is -2.10. The van der Waals surface area contributed by atoms with Gasteiger partial charge < -0.3 is 0 Å². The van der Waals surface area contributed by atoms with E-state index in [1.807, 2.05) is 10.6 Å². The van der Waals surface area contributed by atoms with Gasteiger partial charge in [-0.3, -0.25) is 0 Å². The summed E-state index contributed by atoms with van der Waals surface area (Å²) in [5.41, 5.74) is 1.46. The number of nitrogens with zero attached hydrogens (tertiary/aromatic N) is 2. The number of aromatic nitrogens is 1. The molecular weight excluding hydrogens is 315 g/mol. The van der Waals surface area contributed by atoms with Crippen molar-refractivity contribution in [3.63, 3.8) is 0 Å². The SMILES string of the molecule is C[I-]N1C[C@H]2C[C@@H](C1)c1cccc(=O)n1C2. The number of piperidine rings is 1. The Labute approximate surface area is 106 Å². The van der Waals surface area contributed by atoms with Crippen LogP contribution in [-0.4, -0.2) is 25.7 Å². The zero-order valence-corrected chi connectivity index (χ0v) is 11.6. The van der Waals surface area contributed by atoms with E-state index in [0.29, 0.717) is 11.8 Å². The number of rotatable bonds is 1. The van der Waals surface area contributed by atoms with Crippen LogP contribution < -0.4 is 27.0 Å². The normalized spacial score (nSPS) is 29.1. The van der Waals surface area contributed by atoms with Gasteiger partial charge in [-0.05, 0) is 0 Å². The van der Waals surface area contributed by atoms with Crippen LogP contribution >= 0.6 is 0 Å². The topological polar surface area (TPSA) is 25.2 Å². The molecule has 1 aromatic heterocycles. The van der Waals surface area contributed by atoms with E-state index in [4.69, 9.17) is 0 Å². The third-order valence-corrected chi connectivity index (χ3v) is 5.83. The van der Waals surface area contributed by atoms with Crippen molar-refractivity contribution >= 4 is 0 Å². The molecule has 2 atom stereocenters. The van der Waals surface area contributed by atoms with E-state index in [1.54, 1.807) is 6.07 Å². The van der Waals surface area contributed by atoms with Gasteiger partial charge in [-0.15, -0.1) is 0 Å². The van der Waals surface area contributed by atoms with Gasteiger partial charge in [0.15, 0.2) is 0 Å². The monoisotopic (exact) mass is 331 g/mol. The van der Waals surface area contributed by atoms with Crippen LogP contribution in [0, 0.1) is 5.92 Å². The molecule has 16 heavy (non-hydrogen) atoms. The van der Waals surface area contributed by atoms with Crippen LogP contribution in [0.25, 0.3) is 0 Å². The summed E-state index contributed by atoms with van der Waals surface area (Å²) in [6.45, 7) is 3.32. The van der Waals surface area contributed by atoms with E-state index in [9.17, 15) is 4.79 Å². The number of alkyl halides is 1. The molecule has 1 saturated heterocycles. The molecule has 0 N–H and O–H groups in total. The molecule has 4 heteroatoms. The van der Waals surface area contributed by atoms with Crippen LogP contribution in [0.2, 0.25) is 0 Å². The van der Waals surface area contributed by atoms with Crippen molar-refractivity contribution in [3.05, 3.63) is 34.2 Å². The van der Waals surface area contributed by atoms with E-state index in [1.165, 1.54) is 25.2 Å². The molecule has 3 nitrogen and oxygen atoms in total. The summed E-state index contributed by atoms with van der Waals surface area (Å²) >= 11 is 0.207. The summed E-state index contributed by atoms with van der Waals surface area (Å²) < 4.78 is 4.63. The van der Waals surface area contributed by atoms with E-state index in [2.05, 4.69) is 14.1 Å². The second-order valence-electron chi connectivity index (χ2n) is 4.69. The van der Waals surface area contributed by atoms with Gasteiger partial charge in [0.2, 0.25) is 0 Å². The molecule has 0 aromatic carbocycles. The number of halogens is 1. The molecule has 0 aliphatic carbocycles. The average Bonchev–Trinajstić information content (AvgIpc) is 2.30. The Hall–Kier alpha value is -0.360. The van der Waals surface area contributed by atoms with Gasteiger partial charge in [-0.25, -0.2) is 0 Å². The Morgan fingerprint density at radius 2 is 2.19 bits per heavy atom. The fourth-order valence-electron chi connectivity index (χ4n) is 2.98. The summed E-state index contributed by atoms with van der Waals surface area (Å²) in [5.74, 6) is 1.30. The van der Waals surface area contributed by atoms with Gasteiger partial charge in [0.05, 0.1) is 0 Å². The van der Waals surface area contributed by atoms with E-state index in [0.717, 1.165) is 6.54 Å². The molecule has 2 bridgehead atoms.